The molecule has 0 radical (unpaired) electrons. The highest BCUT2D eigenvalue weighted by Crippen LogP contribution is 2.40. The fourth-order valence-electron chi connectivity index (χ4n) is 6.10. The number of carbonyl (C=O) groups is 1. The van der Waals surface area contributed by atoms with E-state index in [0.717, 1.165) is 50.4 Å². The first-order valence-corrected chi connectivity index (χ1v) is 16.5. The molecule has 0 spiro atoms. The van der Waals surface area contributed by atoms with E-state index in [4.69, 9.17) is 10.1 Å². The van der Waals surface area contributed by atoms with Crippen LogP contribution in [0.1, 0.15) is 90.5 Å². The summed E-state index contributed by atoms with van der Waals surface area (Å²) < 4.78 is 85.1. The molecule has 3 heterocycles. The fourth-order valence-corrected chi connectivity index (χ4v) is 6.10. The van der Waals surface area contributed by atoms with Crippen LogP contribution in [0, 0.1) is 25.7 Å². The molecule has 0 atom stereocenters. The van der Waals surface area contributed by atoms with Gasteiger partial charge in [0, 0.05) is 43.3 Å². The van der Waals surface area contributed by atoms with Gasteiger partial charge in [-0.25, -0.2) is 24.4 Å². The summed E-state index contributed by atoms with van der Waals surface area (Å²) in [5.41, 5.74) is -1.58. The standard InChI is InChI=1S/C35H39F6N7O2/c1-19-28(31(49)50)14-42-32(43-19)47(17-23-10-25(34(36,37)38)13-26(11-23)35(39,40)41)18-24-12-27-20(2)45-48(33(3,4)5)30(27)44-29(24)46(15-21-6-7-21)16-22-8-9-22/h10-14,21-22H,6-9,15-18H2,1-5H3,(H,49,50). The highest BCUT2D eigenvalue weighted by Gasteiger charge is 2.38. The highest BCUT2D eigenvalue weighted by molar-refractivity contribution is 5.88. The zero-order valence-electron chi connectivity index (χ0n) is 28.5. The molecule has 2 fully saturated rings. The van der Waals surface area contributed by atoms with Crippen molar-refractivity contribution < 1.29 is 36.2 Å². The van der Waals surface area contributed by atoms with Gasteiger partial charge in [-0.05, 0) is 102 Å². The zero-order valence-corrected chi connectivity index (χ0v) is 28.5. The molecule has 0 aliphatic heterocycles. The third-order valence-corrected chi connectivity index (χ3v) is 9.05. The van der Waals surface area contributed by atoms with Crippen LogP contribution < -0.4 is 9.80 Å². The minimum atomic E-state index is -5.03. The second-order valence-corrected chi connectivity index (χ2v) is 14.5. The van der Waals surface area contributed by atoms with Crippen molar-refractivity contribution in [2.45, 2.75) is 91.3 Å². The van der Waals surface area contributed by atoms with Crippen molar-refractivity contribution >= 4 is 28.8 Å². The Morgan fingerprint density at radius 1 is 0.840 bits per heavy atom. The van der Waals surface area contributed by atoms with E-state index in [1.54, 1.807) is 0 Å². The van der Waals surface area contributed by atoms with Gasteiger partial charge < -0.3 is 14.9 Å². The molecule has 4 aromatic rings. The number of aryl methyl sites for hydroxylation is 2. The Bertz CT molecular complexity index is 1880. The number of hydrogen-bond acceptors (Lipinski definition) is 7. The van der Waals surface area contributed by atoms with E-state index in [9.17, 15) is 36.2 Å². The molecule has 0 unspecified atom stereocenters. The molecule has 9 nitrogen and oxygen atoms in total. The minimum absolute atomic E-state index is 0.0479. The third kappa shape index (κ3) is 7.81. The van der Waals surface area contributed by atoms with Crippen LogP contribution in [0.2, 0.25) is 0 Å². The number of carboxylic acid groups (broad SMARTS) is 1. The van der Waals surface area contributed by atoms with E-state index in [2.05, 4.69) is 14.9 Å². The van der Waals surface area contributed by atoms with Crippen LogP contribution in [0.15, 0.2) is 30.5 Å². The number of rotatable bonds is 11. The van der Waals surface area contributed by atoms with Gasteiger partial charge in [-0.3, -0.25) is 0 Å². The van der Waals surface area contributed by atoms with Gasteiger partial charge in [-0.1, -0.05) is 0 Å². The van der Waals surface area contributed by atoms with Crippen LogP contribution in [0.5, 0.6) is 0 Å². The number of fused-ring (bicyclic) bond motifs is 1. The SMILES string of the molecule is Cc1nc(N(Cc2cc(C(F)(F)F)cc(C(F)(F)F)c2)Cc2cc3c(C)nn(C(C)(C)C)c3nc2N(CC2CC2)CC2CC2)ncc1C(=O)O. The van der Waals surface area contributed by atoms with Crippen LogP contribution >= 0.6 is 0 Å². The van der Waals surface area contributed by atoms with Gasteiger partial charge >= 0.3 is 18.3 Å². The molecule has 6 rings (SSSR count). The van der Waals surface area contributed by atoms with Crippen LogP contribution in [0.25, 0.3) is 11.0 Å². The van der Waals surface area contributed by atoms with E-state index in [1.807, 2.05) is 38.4 Å². The minimum Gasteiger partial charge on any atom is -0.478 e. The molecule has 0 saturated heterocycles. The quantitative estimate of drug-likeness (QED) is 0.156. The van der Waals surface area contributed by atoms with Gasteiger partial charge in [0.1, 0.15) is 5.82 Å². The number of carboxylic acids is 1. The Balaban J connectivity index is 1.52. The van der Waals surface area contributed by atoms with Crippen molar-refractivity contribution in [2.24, 2.45) is 11.8 Å². The van der Waals surface area contributed by atoms with Gasteiger partial charge in [-0.2, -0.15) is 31.4 Å². The predicted octanol–water partition coefficient (Wildman–Crippen LogP) is 8.16. The molecular weight excluding hydrogens is 664 g/mol. The number of pyridine rings is 1. The molecule has 268 valence electrons. The molecule has 0 bridgehead atoms. The molecule has 0 amide bonds. The highest BCUT2D eigenvalue weighted by atomic mass is 19.4. The third-order valence-electron chi connectivity index (χ3n) is 9.05. The molecular formula is C35H39F6N7O2. The van der Waals surface area contributed by atoms with Gasteiger partial charge in [0.05, 0.1) is 33.6 Å². The topological polar surface area (TPSA) is 100 Å². The van der Waals surface area contributed by atoms with Crippen molar-refractivity contribution in [3.05, 3.63) is 69.7 Å². The predicted molar refractivity (Wildman–Crippen MR) is 175 cm³/mol. The Morgan fingerprint density at radius 2 is 1.42 bits per heavy atom. The second kappa shape index (κ2) is 12.7. The number of anilines is 2. The summed E-state index contributed by atoms with van der Waals surface area (Å²) >= 11 is 0. The van der Waals surface area contributed by atoms with Crippen molar-refractivity contribution in [3.8, 4) is 0 Å². The van der Waals surface area contributed by atoms with Crippen molar-refractivity contribution in [2.75, 3.05) is 22.9 Å². The summed E-state index contributed by atoms with van der Waals surface area (Å²) in [7, 11) is 0. The molecule has 50 heavy (non-hydrogen) atoms. The Hall–Kier alpha value is -4.43. The maximum atomic E-state index is 13.9. The average Bonchev–Trinajstić information content (AvgIpc) is 3.95. The molecule has 15 heteroatoms. The van der Waals surface area contributed by atoms with E-state index in [-0.39, 0.29) is 35.4 Å². The molecule has 2 saturated carbocycles. The van der Waals surface area contributed by atoms with Gasteiger partial charge in [-0.15, -0.1) is 0 Å². The second-order valence-electron chi connectivity index (χ2n) is 14.5. The number of benzene rings is 1. The average molecular weight is 704 g/mol. The molecule has 2 aliphatic carbocycles. The fraction of sp³-hybridized carbons (Fsp3) is 0.514. The lowest BCUT2D eigenvalue weighted by atomic mass is 10.0. The maximum Gasteiger partial charge on any atom is 0.416 e. The summed E-state index contributed by atoms with van der Waals surface area (Å²) in [4.78, 5) is 29.3. The number of hydrogen-bond donors (Lipinski definition) is 1. The smallest absolute Gasteiger partial charge is 0.416 e. The van der Waals surface area contributed by atoms with E-state index in [1.165, 1.54) is 11.8 Å². The number of halogens is 6. The lowest BCUT2D eigenvalue weighted by Crippen LogP contribution is -2.32. The van der Waals surface area contributed by atoms with Crippen molar-refractivity contribution in [3.63, 3.8) is 0 Å². The van der Waals surface area contributed by atoms with Crippen LogP contribution in [-0.4, -0.2) is 48.9 Å². The van der Waals surface area contributed by atoms with Crippen LogP contribution in [0.4, 0.5) is 38.1 Å². The lowest BCUT2D eigenvalue weighted by molar-refractivity contribution is -0.143. The Kier molecular flexibility index (Phi) is 9.00. The summed E-state index contributed by atoms with van der Waals surface area (Å²) in [6, 6.07) is 3.41. The number of aromatic nitrogens is 5. The molecule has 1 N–H and O–H groups in total. The number of alkyl halides is 6. The van der Waals surface area contributed by atoms with Gasteiger partial charge in [0.25, 0.3) is 0 Å². The van der Waals surface area contributed by atoms with Crippen molar-refractivity contribution in [1.29, 1.82) is 0 Å². The lowest BCUT2D eigenvalue weighted by Gasteiger charge is -2.30. The molecule has 2 aliphatic rings. The van der Waals surface area contributed by atoms with Crippen LogP contribution in [0.3, 0.4) is 0 Å². The first-order valence-electron chi connectivity index (χ1n) is 16.5. The first-order chi connectivity index (χ1) is 23.3. The van der Waals surface area contributed by atoms with Crippen molar-refractivity contribution in [1.82, 2.24) is 24.7 Å². The monoisotopic (exact) mass is 703 g/mol. The van der Waals surface area contributed by atoms with Gasteiger partial charge in [0.2, 0.25) is 5.95 Å². The van der Waals surface area contributed by atoms with E-state index < -0.39 is 41.5 Å². The summed E-state index contributed by atoms with van der Waals surface area (Å²) in [6.45, 7) is 10.4. The van der Waals surface area contributed by atoms with Crippen LogP contribution in [-0.2, 0) is 31.0 Å². The maximum absolute atomic E-state index is 13.9. The molecule has 1 aromatic carbocycles. The van der Waals surface area contributed by atoms with E-state index in [0.29, 0.717) is 46.7 Å². The summed E-state index contributed by atoms with van der Waals surface area (Å²) in [6.07, 6.45) is -4.62. The Morgan fingerprint density at radius 3 is 1.90 bits per heavy atom. The zero-order chi connectivity index (χ0) is 36.3. The molecule has 3 aromatic heterocycles. The normalized spacial score (nSPS) is 15.5. The first kappa shape index (κ1) is 35.4. The largest absolute Gasteiger partial charge is 0.478 e. The summed E-state index contributed by atoms with van der Waals surface area (Å²) in [5.74, 6) is 0.315. The summed E-state index contributed by atoms with van der Waals surface area (Å²) in [5, 5.41) is 15.1. The van der Waals surface area contributed by atoms with E-state index >= 15 is 0 Å². The number of aromatic carboxylic acids is 1. The number of nitrogens with zero attached hydrogens (tertiary/aromatic N) is 7. The Labute approximate surface area is 285 Å². The van der Waals surface area contributed by atoms with Gasteiger partial charge in [0.15, 0.2) is 5.65 Å².